The summed E-state index contributed by atoms with van der Waals surface area (Å²) < 4.78 is 0. The molecular formula is C26H35NO2. The van der Waals surface area contributed by atoms with E-state index in [1.807, 2.05) is 12.1 Å². The topological polar surface area (TPSA) is 64.2 Å². The van der Waals surface area contributed by atoms with Gasteiger partial charge in [0.15, 0.2) is 0 Å². The van der Waals surface area contributed by atoms with Gasteiger partial charge in [0.2, 0.25) is 0 Å². The third kappa shape index (κ3) is 3.21. The Kier molecular flexibility index (Phi) is 5.51. The molecule has 3 aliphatic rings. The molecule has 0 saturated heterocycles. The minimum atomic E-state index is -0.215. The molecule has 0 amide bonds. The average molecular weight is 394 g/mol. The zero-order chi connectivity index (χ0) is 20.6. The molecule has 1 aromatic rings. The first-order chi connectivity index (χ1) is 14.0. The summed E-state index contributed by atoms with van der Waals surface area (Å²) in [5.41, 5.74) is 2.70. The molecule has 29 heavy (non-hydrogen) atoms. The van der Waals surface area contributed by atoms with Crippen molar-refractivity contribution in [2.24, 2.45) is 22.7 Å². The Labute approximate surface area is 175 Å². The van der Waals surface area contributed by atoms with Crippen molar-refractivity contribution < 1.29 is 10.2 Å². The van der Waals surface area contributed by atoms with Gasteiger partial charge in [0.1, 0.15) is 5.75 Å². The normalized spacial score (nSPS) is 37.8. The highest BCUT2D eigenvalue weighted by Gasteiger charge is 2.63. The van der Waals surface area contributed by atoms with E-state index in [2.05, 4.69) is 31.7 Å². The maximum Gasteiger partial charge on any atom is 0.115 e. The number of unbranched alkanes of at least 4 members (excludes halogenated alkanes) is 3. The lowest BCUT2D eigenvalue weighted by molar-refractivity contribution is -0.0812. The quantitative estimate of drug-likeness (QED) is 0.469. The number of aliphatic hydroxyl groups is 1. The molecule has 156 valence electrons. The predicted molar refractivity (Wildman–Crippen MR) is 115 cm³/mol. The smallest absolute Gasteiger partial charge is 0.115 e. The highest BCUT2D eigenvalue weighted by atomic mass is 16.3. The number of fused-ring (bicyclic) bond motifs is 5. The molecule has 4 rings (SSSR count). The molecular weight excluding hydrogens is 358 g/mol. The van der Waals surface area contributed by atoms with Crippen molar-refractivity contribution in [2.75, 3.05) is 0 Å². The fourth-order valence-corrected chi connectivity index (χ4v) is 7.48. The third-order valence-corrected chi connectivity index (χ3v) is 8.72. The van der Waals surface area contributed by atoms with E-state index in [0.29, 0.717) is 29.9 Å². The number of hydrogen-bond donors (Lipinski definition) is 2. The second-order valence-corrected chi connectivity index (χ2v) is 10.1. The van der Waals surface area contributed by atoms with Crippen LogP contribution in [-0.2, 0) is 6.42 Å². The van der Waals surface area contributed by atoms with Crippen LogP contribution in [0.2, 0.25) is 0 Å². The minimum Gasteiger partial charge on any atom is -0.508 e. The number of aliphatic hydroxyl groups excluding tert-OH is 1. The van der Waals surface area contributed by atoms with Crippen LogP contribution in [0.5, 0.6) is 5.75 Å². The number of phenolic OH excluding ortho intramolecular Hbond substituents is 1. The molecule has 2 saturated carbocycles. The summed E-state index contributed by atoms with van der Waals surface area (Å²) in [6.07, 6.45) is 12.1. The van der Waals surface area contributed by atoms with E-state index in [1.54, 1.807) is 0 Å². The summed E-state index contributed by atoms with van der Waals surface area (Å²) in [5, 5.41) is 29.8. The van der Waals surface area contributed by atoms with E-state index in [-0.39, 0.29) is 16.9 Å². The molecule has 0 heterocycles. The fourth-order valence-electron chi connectivity index (χ4n) is 7.48. The molecule has 3 unspecified atom stereocenters. The molecule has 2 N–H and O–H groups in total. The number of benzene rings is 1. The largest absolute Gasteiger partial charge is 0.508 e. The standard InChI is InChI=1S/C26H35NO2/c1-3-26-14-13-18-16-20(28)9-10-21(18)24(26)19(8-6-4-5-7-15-27)17-25(2)22(26)11-12-23(25)29/h3,9-10,16,19,22-24,28-29H,1,4-8,11-14,17H2,2H3/t19-,22?,23-,24?,25-,26?/m0/s1. The molecule has 3 heteroatoms. The van der Waals surface area contributed by atoms with Crippen molar-refractivity contribution in [3.8, 4) is 11.8 Å². The van der Waals surface area contributed by atoms with E-state index in [0.717, 1.165) is 57.8 Å². The van der Waals surface area contributed by atoms with Crippen molar-refractivity contribution in [3.05, 3.63) is 42.0 Å². The van der Waals surface area contributed by atoms with Gasteiger partial charge < -0.3 is 10.2 Å². The third-order valence-electron chi connectivity index (χ3n) is 8.72. The van der Waals surface area contributed by atoms with Crippen LogP contribution in [0.15, 0.2) is 30.9 Å². The van der Waals surface area contributed by atoms with Crippen molar-refractivity contribution in [3.63, 3.8) is 0 Å². The fraction of sp³-hybridized carbons (Fsp3) is 0.654. The lowest BCUT2D eigenvalue weighted by atomic mass is 9.44. The van der Waals surface area contributed by atoms with E-state index < -0.39 is 0 Å². The summed E-state index contributed by atoms with van der Waals surface area (Å²) in [6.45, 7) is 6.68. The molecule has 3 nitrogen and oxygen atoms in total. The van der Waals surface area contributed by atoms with Crippen molar-refractivity contribution in [2.45, 2.75) is 83.2 Å². The Morgan fingerprint density at radius 3 is 2.86 bits per heavy atom. The van der Waals surface area contributed by atoms with Crippen LogP contribution in [0.25, 0.3) is 0 Å². The van der Waals surface area contributed by atoms with Gasteiger partial charge in [-0.1, -0.05) is 31.9 Å². The van der Waals surface area contributed by atoms with Gasteiger partial charge in [-0.15, -0.1) is 6.58 Å². The molecule has 0 radical (unpaired) electrons. The lowest BCUT2D eigenvalue weighted by Crippen LogP contribution is -2.54. The number of nitrogens with zero attached hydrogens (tertiary/aromatic N) is 1. The van der Waals surface area contributed by atoms with Gasteiger partial charge in [-0.2, -0.15) is 5.26 Å². The van der Waals surface area contributed by atoms with Crippen LogP contribution in [0, 0.1) is 34.0 Å². The van der Waals surface area contributed by atoms with Gasteiger partial charge in [0.25, 0.3) is 0 Å². The summed E-state index contributed by atoms with van der Waals surface area (Å²) in [5.74, 6) is 1.76. The summed E-state index contributed by atoms with van der Waals surface area (Å²) >= 11 is 0. The Morgan fingerprint density at radius 1 is 1.28 bits per heavy atom. The molecule has 0 bridgehead atoms. The maximum absolute atomic E-state index is 11.0. The van der Waals surface area contributed by atoms with Gasteiger partial charge in [0.05, 0.1) is 12.2 Å². The van der Waals surface area contributed by atoms with E-state index >= 15 is 0 Å². The number of nitriles is 1. The monoisotopic (exact) mass is 393 g/mol. The molecule has 3 aliphatic carbocycles. The lowest BCUT2D eigenvalue weighted by Gasteiger charge is -2.60. The van der Waals surface area contributed by atoms with E-state index in [4.69, 9.17) is 5.26 Å². The minimum absolute atomic E-state index is 0.0313. The average Bonchev–Trinajstić information content (AvgIpc) is 3.02. The highest BCUT2D eigenvalue weighted by molar-refractivity contribution is 5.43. The second-order valence-electron chi connectivity index (χ2n) is 10.1. The Hall–Kier alpha value is -1.79. The number of hydrogen-bond acceptors (Lipinski definition) is 3. The first-order valence-corrected chi connectivity index (χ1v) is 11.5. The Balaban J connectivity index is 1.72. The maximum atomic E-state index is 11.0. The number of aromatic hydroxyl groups is 1. The van der Waals surface area contributed by atoms with E-state index in [1.165, 1.54) is 11.1 Å². The van der Waals surface area contributed by atoms with Crippen LogP contribution < -0.4 is 0 Å². The first kappa shape index (κ1) is 20.5. The van der Waals surface area contributed by atoms with Crippen LogP contribution in [0.4, 0.5) is 0 Å². The van der Waals surface area contributed by atoms with Crippen LogP contribution in [0.3, 0.4) is 0 Å². The van der Waals surface area contributed by atoms with Gasteiger partial charge in [0, 0.05) is 6.42 Å². The van der Waals surface area contributed by atoms with Gasteiger partial charge in [-0.05, 0) is 96.8 Å². The molecule has 1 aromatic carbocycles. The van der Waals surface area contributed by atoms with Crippen LogP contribution in [-0.4, -0.2) is 16.3 Å². The highest BCUT2D eigenvalue weighted by Crippen LogP contribution is 2.69. The van der Waals surface area contributed by atoms with Gasteiger partial charge >= 0.3 is 0 Å². The summed E-state index contributed by atoms with van der Waals surface area (Å²) in [4.78, 5) is 0. The van der Waals surface area contributed by atoms with Gasteiger partial charge in [-0.3, -0.25) is 0 Å². The Bertz CT molecular complexity index is 811. The molecule has 6 atom stereocenters. The Morgan fingerprint density at radius 2 is 2.10 bits per heavy atom. The zero-order valence-corrected chi connectivity index (χ0v) is 17.7. The zero-order valence-electron chi connectivity index (χ0n) is 17.7. The molecule has 0 aliphatic heterocycles. The molecule has 0 aromatic heterocycles. The van der Waals surface area contributed by atoms with Crippen LogP contribution >= 0.6 is 0 Å². The van der Waals surface area contributed by atoms with Crippen LogP contribution in [0.1, 0.15) is 81.8 Å². The number of allylic oxidation sites excluding steroid dienone is 1. The van der Waals surface area contributed by atoms with Crippen molar-refractivity contribution >= 4 is 0 Å². The molecule has 0 spiro atoms. The summed E-state index contributed by atoms with van der Waals surface area (Å²) in [7, 11) is 0. The first-order valence-electron chi connectivity index (χ1n) is 11.5. The summed E-state index contributed by atoms with van der Waals surface area (Å²) in [6, 6.07) is 8.22. The van der Waals surface area contributed by atoms with Gasteiger partial charge in [-0.25, -0.2) is 0 Å². The van der Waals surface area contributed by atoms with Crippen molar-refractivity contribution in [1.29, 1.82) is 5.26 Å². The molecule has 2 fully saturated rings. The number of aryl methyl sites for hydroxylation is 1. The predicted octanol–water partition coefficient (Wildman–Crippen LogP) is 5.87. The van der Waals surface area contributed by atoms with Crippen molar-refractivity contribution in [1.82, 2.24) is 0 Å². The number of rotatable bonds is 6. The second kappa shape index (κ2) is 7.80. The van der Waals surface area contributed by atoms with E-state index in [9.17, 15) is 10.2 Å². The SMILES string of the molecule is C=CC12CCc3cc(O)ccc3C1[C@@H](CCCCCC#N)C[C@@]1(C)C2CC[C@@H]1O. The number of phenols is 1.